The van der Waals surface area contributed by atoms with Crippen LogP contribution in [0.2, 0.25) is 0 Å². The molecule has 46 heavy (non-hydrogen) atoms. The van der Waals surface area contributed by atoms with Crippen LogP contribution in [-0.4, -0.2) is 18.3 Å². The molecule has 0 bridgehead atoms. The summed E-state index contributed by atoms with van der Waals surface area (Å²) in [5.74, 6) is 0. The zero-order chi connectivity index (χ0) is 31.5. The van der Waals surface area contributed by atoms with Crippen molar-refractivity contribution in [2.45, 2.75) is 44.3 Å². The number of hydrogen-bond acceptors (Lipinski definition) is 2. The molecule has 224 valence electrons. The van der Waals surface area contributed by atoms with Gasteiger partial charge in [0.05, 0.1) is 16.6 Å². The zero-order valence-corrected chi connectivity index (χ0v) is 26.8. The number of rotatable bonds is 5. The Kier molecular flexibility index (Phi) is 6.69. The van der Waals surface area contributed by atoms with Gasteiger partial charge in [-0.3, -0.25) is 0 Å². The summed E-state index contributed by atoms with van der Waals surface area (Å²) < 4.78 is 12.9. The van der Waals surface area contributed by atoms with Crippen molar-refractivity contribution in [3.63, 3.8) is 0 Å². The Labute approximate surface area is 272 Å². The van der Waals surface area contributed by atoms with Crippen molar-refractivity contribution in [2.75, 3.05) is 0 Å². The van der Waals surface area contributed by atoms with Crippen molar-refractivity contribution in [3.05, 3.63) is 174 Å². The summed E-state index contributed by atoms with van der Waals surface area (Å²) in [6, 6.07) is 55.4. The molecule has 0 N–H and O–H groups in total. The van der Waals surface area contributed by atoms with E-state index in [-0.39, 0.29) is 0 Å². The van der Waals surface area contributed by atoms with E-state index in [1.54, 1.807) is 0 Å². The van der Waals surface area contributed by atoms with Crippen LogP contribution in [0.4, 0.5) is 0 Å². The van der Waals surface area contributed by atoms with Crippen molar-refractivity contribution in [2.24, 2.45) is 0 Å². The highest BCUT2D eigenvalue weighted by atomic mass is 16.7. The highest BCUT2D eigenvalue weighted by Gasteiger charge is 2.52. The molecule has 0 radical (unpaired) electrons. The van der Waals surface area contributed by atoms with E-state index in [0.717, 1.165) is 5.46 Å². The first-order chi connectivity index (χ1) is 22.3. The molecular weight excluding hydrogens is 559 g/mol. The monoisotopic (exact) mass is 596 g/mol. The smallest absolute Gasteiger partial charge is 0.399 e. The molecule has 2 aliphatic rings. The predicted octanol–water partition coefficient (Wildman–Crippen LogP) is 9.68. The molecule has 3 heteroatoms. The summed E-state index contributed by atoms with van der Waals surface area (Å²) in [6.45, 7) is 8.42. The van der Waals surface area contributed by atoms with Crippen LogP contribution in [0.1, 0.15) is 49.9 Å². The molecule has 0 unspecified atom stereocenters. The lowest BCUT2D eigenvalue weighted by molar-refractivity contribution is 0.00578. The molecule has 0 saturated carbocycles. The molecule has 8 rings (SSSR count). The average molecular weight is 597 g/mol. The second-order valence-electron chi connectivity index (χ2n) is 13.6. The summed E-state index contributed by atoms with van der Waals surface area (Å²) in [7, 11) is -0.413. The van der Waals surface area contributed by atoms with Gasteiger partial charge in [-0.2, -0.15) is 0 Å². The zero-order valence-electron chi connectivity index (χ0n) is 26.8. The van der Waals surface area contributed by atoms with Gasteiger partial charge in [0.1, 0.15) is 0 Å². The third kappa shape index (κ3) is 4.41. The van der Waals surface area contributed by atoms with Gasteiger partial charge in [-0.25, -0.2) is 0 Å². The van der Waals surface area contributed by atoms with Crippen LogP contribution in [-0.2, 0) is 14.7 Å². The lowest BCUT2D eigenvalue weighted by atomic mass is 9.66. The summed E-state index contributed by atoms with van der Waals surface area (Å²) in [4.78, 5) is 0. The first kappa shape index (κ1) is 28.8. The third-order valence-electron chi connectivity index (χ3n) is 10.4. The molecular formula is C43H37BO2. The molecule has 1 aliphatic carbocycles. The Balaban J connectivity index is 1.38. The average Bonchev–Trinajstić information content (AvgIpc) is 3.51. The number of fused-ring (bicyclic) bond motifs is 3. The number of hydrogen-bond donors (Lipinski definition) is 0. The third-order valence-corrected chi connectivity index (χ3v) is 10.4. The fourth-order valence-electron chi connectivity index (χ4n) is 7.29. The van der Waals surface area contributed by atoms with Crippen molar-refractivity contribution in [1.29, 1.82) is 0 Å². The molecule has 2 nitrogen and oxygen atoms in total. The lowest BCUT2D eigenvalue weighted by Crippen LogP contribution is -2.41. The summed E-state index contributed by atoms with van der Waals surface area (Å²) in [5, 5.41) is 0. The summed E-state index contributed by atoms with van der Waals surface area (Å²) in [6.07, 6.45) is 0. The maximum Gasteiger partial charge on any atom is 0.494 e. The van der Waals surface area contributed by atoms with Crippen LogP contribution in [0.25, 0.3) is 33.4 Å². The molecule has 1 heterocycles. The quantitative estimate of drug-likeness (QED) is 0.184. The standard InChI is InChI=1S/C43H37BO2/c1-41(2)42(3,4)46-44(45-41)36-24-22-35(23-25-36)43(34-18-12-7-13-19-34)39-28-32(30-14-8-5-9-15-30)20-26-37(39)38-27-21-33(29-40(38)43)31-16-10-6-11-17-31/h5-29H,1-4H3. The van der Waals surface area contributed by atoms with Crippen LogP contribution in [0.3, 0.4) is 0 Å². The van der Waals surface area contributed by atoms with Gasteiger partial charge in [0.15, 0.2) is 0 Å². The summed E-state index contributed by atoms with van der Waals surface area (Å²) in [5.41, 5.74) is 12.1. The normalized spacial score (nSPS) is 17.0. The SMILES string of the molecule is CC1(C)OB(c2ccc(C3(c4ccccc4)c4cc(-c5ccccc5)ccc4-c4ccc(-c5ccccc5)cc43)cc2)OC1(C)C. The number of benzene rings is 6. The Morgan fingerprint density at radius 2 is 0.826 bits per heavy atom. The molecule has 1 fully saturated rings. The molecule has 6 aromatic carbocycles. The first-order valence-electron chi connectivity index (χ1n) is 16.2. The van der Waals surface area contributed by atoms with E-state index in [4.69, 9.17) is 9.31 Å². The van der Waals surface area contributed by atoms with E-state index in [2.05, 4.69) is 179 Å². The molecule has 1 saturated heterocycles. The van der Waals surface area contributed by atoms with Gasteiger partial charge in [-0.1, -0.05) is 140 Å². The Bertz CT molecular complexity index is 1930. The largest absolute Gasteiger partial charge is 0.494 e. The van der Waals surface area contributed by atoms with Crippen molar-refractivity contribution < 1.29 is 9.31 Å². The van der Waals surface area contributed by atoms with E-state index in [1.807, 2.05) is 0 Å². The fraction of sp³-hybridized carbons (Fsp3) is 0.163. The van der Waals surface area contributed by atoms with Crippen LogP contribution >= 0.6 is 0 Å². The maximum absolute atomic E-state index is 6.44. The molecule has 0 atom stereocenters. The Morgan fingerprint density at radius 3 is 1.28 bits per heavy atom. The molecule has 1 aliphatic heterocycles. The van der Waals surface area contributed by atoms with Crippen LogP contribution in [0.15, 0.2) is 152 Å². The molecule has 0 amide bonds. The highest BCUT2D eigenvalue weighted by Crippen LogP contribution is 2.57. The molecule has 6 aromatic rings. The van der Waals surface area contributed by atoms with E-state index in [1.165, 1.54) is 55.6 Å². The van der Waals surface area contributed by atoms with E-state index >= 15 is 0 Å². The first-order valence-corrected chi connectivity index (χ1v) is 16.2. The van der Waals surface area contributed by atoms with Gasteiger partial charge in [0.2, 0.25) is 0 Å². The fourth-order valence-corrected chi connectivity index (χ4v) is 7.29. The van der Waals surface area contributed by atoms with Crippen LogP contribution in [0, 0.1) is 0 Å². The van der Waals surface area contributed by atoms with Gasteiger partial charge < -0.3 is 9.31 Å². The Hall–Kier alpha value is -4.70. The van der Waals surface area contributed by atoms with Gasteiger partial charge in [-0.05, 0) is 101 Å². The minimum Gasteiger partial charge on any atom is -0.399 e. The minimum atomic E-state index is -0.532. The van der Waals surface area contributed by atoms with E-state index in [9.17, 15) is 0 Å². The highest BCUT2D eigenvalue weighted by molar-refractivity contribution is 6.62. The van der Waals surface area contributed by atoms with E-state index in [0.29, 0.717) is 0 Å². The van der Waals surface area contributed by atoms with Gasteiger partial charge >= 0.3 is 7.12 Å². The van der Waals surface area contributed by atoms with Crippen LogP contribution < -0.4 is 5.46 Å². The predicted molar refractivity (Wildman–Crippen MR) is 190 cm³/mol. The van der Waals surface area contributed by atoms with Crippen molar-refractivity contribution in [3.8, 4) is 33.4 Å². The van der Waals surface area contributed by atoms with Crippen molar-refractivity contribution >= 4 is 12.6 Å². The minimum absolute atomic E-state index is 0.396. The van der Waals surface area contributed by atoms with Gasteiger partial charge in [0.25, 0.3) is 0 Å². The summed E-state index contributed by atoms with van der Waals surface area (Å²) >= 11 is 0. The Morgan fingerprint density at radius 1 is 0.413 bits per heavy atom. The van der Waals surface area contributed by atoms with Crippen LogP contribution in [0.5, 0.6) is 0 Å². The second-order valence-corrected chi connectivity index (χ2v) is 13.6. The topological polar surface area (TPSA) is 18.5 Å². The van der Waals surface area contributed by atoms with Gasteiger partial charge in [0, 0.05) is 0 Å². The lowest BCUT2D eigenvalue weighted by Gasteiger charge is -2.34. The second kappa shape index (κ2) is 10.7. The molecule has 0 spiro atoms. The maximum atomic E-state index is 6.44. The van der Waals surface area contributed by atoms with Gasteiger partial charge in [-0.15, -0.1) is 0 Å². The van der Waals surface area contributed by atoms with Crippen molar-refractivity contribution in [1.82, 2.24) is 0 Å². The van der Waals surface area contributed by atoms with E-state index < -0.39 is 23.7 Å². The molecule has 0 aromatic heterocycles.